The second-order valence-corrected chi connectivity index (χ2v) is 2.80. The molecule has 0 aromatic carbocycles. The van der Waals surface area contributed by atoms with E-state index in [1.807, 2.05) is 25.2 Å². The minimum Gasteiger partial charge on any atom is -0.347 e. The maximum Gasteiger partial charge on any atom is 0.146 e. The molecule has 0 fully saturated rings. The van der Waals surface area contributed by atoms with E-state index in [1.165, 1.54) is 0 Å². The maximum absolute atomic E-state index is 5.54. The zero-order chi connectivity index (χ0) is 7.68. The van der Waals surface area contributed by atoms with Gasteiger partial charge in [-0.05, 0) is 19.4 Å². The average molecular weight is 149 g/mol. The first-order chi connectivity index (χ1) is 5.36. The van der Waals surface area contributed by atoms with Crippen molar-refractivity contribution < 1.29 is 4.74 Å². The highest BCUT2D eigenvalue weighted by Crippen LogP contribution is 2.18. The molecule has 0 saturated carbocycles. The van der Waals surface area contributed by atoms with Gasteiger partial charge in [-0.25, -0.2) is 0 Å². The third-order valence-corrected chi connectivity index (χ3v) is 1.89. The topological polar surface area (TPSA) is 21.6 Å². The third-order valence-electron chi connectivity index (χ3n) is 1.89. The predicted octanol–water partition coefficient (Wildman–Crippen LogP) is 1.69. The molecule has 0 spiro atoms. The van der Waals surface area contributed by atoms with Crippen LogP contribution in [0.5, 0.6) is 0 Å². The van der Waals surface area contributed by atoms with Crippen molar-refractivity contribution in [3.63, 3.8) is 0 Å². The zero-order valence-corrected chi connectivity index (χ0v) is 6.53. The highest BCUT2D eigenvalue weighted by molar-refractivity contribution is 6.00. The Kier molecular flexibility index (Phi) is 1.62. The van der Waals surface area contributed by atoms with Crippen LogP contribution < -0.4 is 0 Å². The van der Waals surface area contributed by atoms with E-state index >= 15 is 0 Å². The lowest BCUT2D eigenvalue weighted by molar-refractivity contribution is 0.0645. The molecular formula is C9H11NO. The standard InChI is InChI=1S/C9H11NO/c1-7-10-8-5-3-2-4-6-9(8)11-7/h2-5,7,9H,6H2,1H3. The van der Waals surface area contributed by atoms with Gasteiger partial charge in [0.2, 0.25) is 0 Å². The van der Waals surface area contributed by atoms with Gasteiger partial charge in [0.1, 0.15) is 12.3 Å². The molecule has 0 N–H and O–H groups in total. The van der Waals surface area contributed by atoms with Gasteiger partial charge in [0, 0.05) is 0 Å². The molecule has 0 aromatic rings. The Morgan fingerprint density at radius 1 is 1.55 bits per heavy atom. The summed E-state index contributed by atoms with van der Waals surface area (Å²) in [7, 11) is 0. The molecule has 0 radical (unpaired) electrons. The van der Waals surface area contributed by atoms with E-state index in [4.69, 9.17) is 4.74 Å². The maximum atomic E-state index is 5.54. The van der Waals surface area contributed by atoms with Crippen molar-refractivity contribution in [2.45, 2.75) is 25.7 Å². The van der Waals surface area contributed by atoms with Crippen LogP contribution in [-0.4, -0.2) is 18.0 Å². The Balaban J connectivity index is 2.23. The molecule has 58 valence electrons. The first-order valence-electron chi connectivity index (χ1n) is 3.92. The van der Waals surface area contributed by atoms with Crippen molar-refractivity contribution in [3.05, 3.63) is 24.3 Å². The van der Waals surface area contributed by atoms with E-state index in [0.29, 0.717) is 0 Å². The number of ether oxygens (including phenoxy) is 1. The average Bonchev–Trinajstić information content (AvgIpc) is 2.17. The summed E-state index contributed by atoms with van der Waals surface area (Å²) in [5.41, 5.74) is 1.09. The first kappa shape index (κ1) is 6.80. The minimum absolute atomic E-state index is 0.0474. The van der Waals surface area contributed by atoms with Crippen LogP contribution in [0.1, 0.15) is 13.3 Å². The zero-order valence-electron chi connectivity index (χ0n) is 6.53. The fourth-order valence-electron chi connectivity index (χ4n) is 1.39. The van der Waals surface area contributed by atoms with E-state index in [-0.39, 0.29) is 12.3 Å². The molecule has 2 nitrogen and oxygen atoms in total. The molecule has 2 atom stereocenters. The van der Waals surface area contributed by atoms with Gasteiger partial charge in [-0.2, -0.15) is 0 Å². The normalized spacial score (nSPS) is 34.8. The van der Waals surface area contributed by atoms with Gasteiger partial charge in [-0.15, -0.1) is 0 Å². The first-order valence-corrected chi connectivity index (χ1v) is 3.92. The number of rotatable bonds is 0. The van der Waals surface area contributed by atoms with Crippen molar-refractivity contribution in [1.29, 1.82) is 0 Å². The van der Waals surface area contributed by atoms with Crippen LogP contribution >= 0.6 is 0 Å². The molecule has 2 rings (SSSR count). The fourth-order valence-corrected chi connectivity index (χ4v) is 1.39. The Bertz CT molecular complexity index is 240. The second kappa shape index (κ2) is 2.62. The van der Waals surface area contributed by atoms with E-state index < -0.39 is 0 Å². The summed E-state index contributed by atoms with van der Waals surface area (Å²) >= 11 is 0. The lowest BCUT2D eigenvalue weighted by Gasteiger charge is -2.07. The number of nitrogens with zero attached hydrogens (tertiary/aromatic N) is 1. The molecule has 11 heavy (non-hydrogen) atoms. The van der Waals surface area contributed by atoms with Crippen molar-refractivity contribution >= 4 is 5.71 Å². The van der Waals surface area contributed by atoms with E-state index in [1.54, 1.807) is 0 Å². The molecule has 2 unspecified atom stereocenters. The van der Waals surface area contributed by atoms with Crippen LogP contribution in [0.4, 0.5) is 0 Å². The van der Waals surface area contributed by atoms with Crippen LogP contribution in [0.3, 0.4) is 0 Å². The lowest BCUT2D eigenvalue weighted by atomic mass is 10.2. The molecule has 0 bridgehead atoms. The van der Waals surface area contributed by atoms with E-state index in [0.717, 1.165) is 12.1 Å². The molecule has 2 heteroatoms. The monoisotopic (exact) mass is 149 g/mol. The molecule has 2 aliphatic rings. The van der Waals surface area contributed by atoms with Gasteiger partial charge in [-0.3, -0.25) is 4.99 Å². The van der Waals surface area contributed by atoms with E-state index in [9.17, 15) is 0 Å². The Labute approximate surface area is 66.3 Å². The summed E-state index contributed by atoms with van der Waals surface area (Å²) in [5.74, 6) is 0. The predicted molar refractivity (Wildman–Crippen MR) is 44.7 cm³/mol. The Hall–Kier alpha value is -0.890. The number of hydrogen-bond donors (Lipinski definition) is 0. The van der Waals surface area contributed by atoms with Crippen LogP contribution in [0, 0.1) is 0 Å². The Morgan fingerprint density at radius 2 is 2.45 bits per heavy atom. The van der Waals surface area contributed by atoms with Gasteiger partial charge >= 0.3 is 0 Å². The number of aliphatic imine (C=N–C) groups is 1. The summed E-state index contributed by atoms with van der Waals surface area (Å²) in [6.07, 6.45) is 9.40. The molecule has 0 saturated heterocycles. The second-order valence-electron chi connectivity index (χ2n) is 2.80. The molecule has 1 aliphatic carbocycles. The van der Waals surface area contributed by atoms with Crippen molar-refractivity contribution in [1.82, 2.24) is 0 Å². The van der Waals surface area contributed by atoms with Crippen molar-refractivity contribution in [2.75, 3.05) is 0 Å². The van der Waals surface area contributed by atoms with E-state index in [2.05, 4.69) is 11.1 Å². The van der Waals surface area contributed by atoms with Crippen LogP contribution in [0.15, 0.2) is 29.3 Å². The largest absolute Gasteiger partial charge is 0.347 e. The smallest absolute Gasteiger partial charge is 0.146 e. The number of allylic oxidation sites excluding steroid dienone is 2. The SMILES string of the molecule is CC1N=C2C=CC=CCC2O1. The van der Waals surface area contributed by atoms with Gasteiger partial charge in [0.15, 0.2) is 0 Å². The summed E-state index contributed by atoms with van der Waals surface area (Å²) in [6, 6.07) is 0. The summed E-state index contributed by atoms with van der Waals surface area (Å²) in [5, 5.41) is 0. The van der Waals surface area contributed by atoms with Crippen LogP contribution in [0.25, 0.3) is 0 Å². The van der Waals surface area contributed by atoms with Crippen LogP contribution in [0.2, 0.25) is 0 Å². The quantitative estimate of drug-likeness (QED) is 0.513. The summed E-state index contributed by atoms with van der Waals surface area (Å²) < 4.78 is 5.54. The van der Waals surface area contributed by atoms with Gasteiger partial charge in [0.25, 0.3) is 0 Å². The molecular weight excluding hydrogens is 138 g/mol. The third kappa shape index (κ3) is 1.26. The number of hydrogen-bond acceptors (Lipinski definition) is 2. The Morgan fingerprint density at radius 3 is 3.36 bits per heavy atom. The number of fused-ring (bicyclic) bond motifs is 1. The van der Waals surface area contributed by atoms with Crippen molar-refractivity contribution in [3.8, 4) is 0 Å². The molecule has 0 aromatic heterocycles. The van der Waals surface area contributed by atoms with Gasteiger partial charge in [-0.1, -0.05) is 18.2 Å². The lowest BCUT2D eigenvalue weighted by Crippen LogP contribution is -2.16. The van der Waals surface area contributed by atoms with Crippen LogP contribution in [-0.2, 0) is 4.74 Å². The van der Waals surface area contributed by atoms with Gasteiger partial charge in [0.05, 0.1) is 5.71 Å². The molecule has 1 aliphatic heterocycles. The molecule has 0 amide bonds. The van der Waals surface area contributed by atoms with Crippen molar-refractivity contribution in [2.24, 2.45) is 4.99 Å². The summed E-state index contributed by atoms with van der Waals surface area (Å²) in [4.78, 5) is 4.34. The highest BCUT2D eigenvalue weighted by atomic mass is 16.5. The summed E-state index contributed by atoms with van der Waals surface area (Å²) in [6.45, 7) is 1.97. The molecule has 1 heterocycles. The minimum atomic E-state index is 0.0474. The van der Waals surface area contributed by atoms with Gasteiger partial charge < -0.3 is 4.74 Å². The fraction of sp³-hybridized carbons (Fsp3) is 0.444. The highest BCUT2D eigenvalue weighted by Gasteiger charge is 2.23.